The molecule has 1 heterocycles. The molecule has 0 saturated heterocycles. The fourth-order valence-corrected chi connectivity index (χ4v) is 1.32. The summed E-state index contributed by atoms with van der Waals surface area (Å²) < 4.78 is 4.66. The molecule has 0 bridgehead atoms. The Morgan fingerprint density at radius 3 is 2.88 bits per heavy atom. The molecule has 1 rings (SSSR count). The summed E-state index contributed by atoms with van der Waals surface area (Å²) in [6, 6.07) is 1.62. The van der Waals surface area contributed by atoms with Crippen molar-refractivity contribution >= 4 is 23.3 Å². The summed E-state index contributed by atoms with van der Waals surface area (Å²) in [7, 11) is 1.34. The van der Waals surface area contributed by atoms with Crippen molar-refractivity contribution in [3.8, 4) is 0 Å². The quantitative estimate of drug-likeness (QED) is 0.651. The second-order valence-electron chi connectivity index (χ2n) is 3.82. The Bertz CT molecular complexity index is 380. The van der Waals surface area contributed by atoms with Crippen LogP contribution in [0.5, 0.6) is 0 Å². The monoisotopic (exact) mass is 242 g/mol. The van der Waals surface area contributed by atoms with Gasteiger partial charge in [0.2, 0.25) is 0 Å². The molecule has 1 N–H and O–H groups in total. The van der Waals surface area contributed by atoms with Gasteiger partial charge in [0.05, 0.1) is 12.8 Å². The number of aromatic nitrogens is 1. The lowest BCUT2D eigenvalue weighted by atomic mass is 10.2. The second-order valence-corrected chi connectivity index (χ2v) is 4.21. The van der Waals surface area contributed by atoms with Gasteiger partial charge in [-0.2, -0.15) is 0 Å². The maximum absolute atomic E-state index is 11.4. The van der Waals surface area contributed by atoms with E-state index >= 15 is 0 Å². The van der Waals surface area contributed by atoms with Crippen molar-refractivity contribution in [2.75, 3.05) is 19.0 Å². The van der Waals surface area contributed by atoms with E-state index in [1.807, 2.05) is 0 Å². The van der Waals surface area contributed by atoms with Crippen LogP contribution in [0.2, 0.25) is 5.15 Å². The molecule has 0 aliphatic rings. The number of carbonyl (C=O) groups excluding carboxylic acids is 1. The second kappa shape index (κ2) is 5.70. The maximum Gasteiger partial charge on any atom is 0.341 e. The molecule has 0 amide bonds. The number of rotatable bonds is 4. The highest BCUT2D eigenvalue weighted by molar-refractivity contribution is 6.29. The van der Waals surface area contributed by atoms with Crippen molar-refractivity contribution in [2.45, 2.75) is 13.8 Å². The molecule has 16 heavy (non-hydrogen) atoms. The summed E-state index contributed by atoms with van der Waals surface area (Å²) in [5.74, 6) is 0.0489. The van der Waals surface area contributed by atoms with Gasteiger partial charge in [0.15, 0.2) is 0 Å². The van der Waals surface area contributed by atoms with Crippen LogP contribution in [0, 0.1) is 5.92 Å². The summed E-state index contributed by atoms with van der Waals surface area (Å²) in [4.78, 5) is 15.3. The highest BCUT2D eigenvalue weighted by Crippen LogP contribution is 2.19. The lowest BCUT2D eigenvalue weighted by Crippen LogP contribution is -2.13. The number of ether oxygens (including phenoxy) is 1. The molecule has 0 fully saturated rings. The maximum atomic E-state index is 11.4. The van der Waals surface area contributed by atoms with E-state index in [0.717, 1.165) is 6.54 Å². The molecule has 88 valence electrons. The van der Waals surface area contributed by atoms with Crippen molar-refractivity contribution in [3.63, 3.8) is 0 Å². The number of pyridine rings is 1. The lowest BCUT2D eigenvalue weighted by molar-refractivity contribution is 0.0601. The van der Waals surface area contributed by atoms with E-state index in [4.69, 9.17) is 11.6 Å². The lowest BCUT2D eigenvalue weighted by Gasteiger charge is -2.12. The number of hydrogen-bond donors (Lipinski definition) is 1. The Hall–Kier alpha value is -1.29. The first-order valence-corrected chi connectivity index (χ1v) is 5.40. The summed E-state index contributed by atoms with van der Waals surface area (Å²) in [5.41, 5.74) is 1.05. The summed E-state index contributed by atoms with van der Waals surface area (Å²) >= 11 is 5.78. The number of esters is 1. The molecule has 5 heteroatoms. The molecular formula is C11H15ClN2O2. The largest absolute Gasteiger partial charge is 0.465 e. The van der Waals surface area contributed by atoms with E-state index in [0.29, 0.717) is 22.3 Å². The van der Waals surface area contributed by atoms with Crippen LogP contribution in [0.4, 0.5) is 5.69 Å². The highest BCUT2D eigenvalue weighted by atomic mass is 35.5. The normalized spacial score (nSPS) is 10.3. The molecule has 0 aliphatic carbocycles. The van der Waals surface area contributed by atoms with Gasteiger partial charge in [0, 0.05) is 12.7 Å². The average Bonchev–Trinajstić information content (AvgIpc) is 2.25. The van der Waals surface area contributed by atoms with Crippen LogP contribution in [0.3, 0.4) is 0 Å². The van der Waals surface area contributed by atoms with Crippen molar-refractivity contribution in [2.24, 2.45) is 5.92 Å². The third kappa shape index (κ3) is 3.38. The molecule has 1 aromatic rings. The topological polar surface area (TPSA) is 51.2 Å². The minimum Gasteiger partial charge on any atom is -0.465 e. The summed E-state index contributed by atoms with van der Waals surface area (Å²) in [6.07, 6.45) is 1.41. The molecule has 0 atom stereocenters. The van der Waals surface area contributed by atoms with E-state index in [-0.39, 0.29) is 0 Å². The van der Waals surface area contributed by atoms with E-state index in [2.05, 4.69) is 28.9 Å². The molecule has 0 unspecified atom stereocenters. The number of nitrogens with one attached hydrogen (secondary N) is 1. The van der Waals surface area contributed by atoms with Gasteiger partial charge in [-0.15, -0.1) is 0 Å². The van der Waals surface area contributed by atoms with Gasteiger partial charge in [0.1, 0.15) is 10.7 Å². The molecule has 1 aromatic heterocycles. The minimum atomic E-state index is -0.421. The van der Waals surface area contributed by atoms with Gasteiger partial charge in [-0.25, -0.2) is 9.78 Å². The smallest absolute Gasteiger partial charge is 0.341 e. The van der Waals surface area contributed by atoms with E-state index < -0.39 is 5.97 Å². The van der Waals surface area contributed by atoms with Gasteiger partial charge in [-0.1, -0.05) is 25.4 Å². The Labute approximate surface area is 100.0 Å². The number of methoxy groups -OCH3 is 1. The van der Waals surface area contributed by atoms with Crippen molar-refractivity contribution in [3.05, 3.63) is 23.0 Å². The fourth-order valence-electron chi connectivity index (χ4n) is 1.16. The van der Waals surface area contributed by atoms with Crippen LogP contribution in [0.15, 0.2) is 12.3 Å². The number of halogens is 1. The van der Waals surface area contributed by atoms with Gasteiger partial charge in [-0.3, -0.25) is 0 Å². The Morgan fingerprint density at radius 2 is 2.31 bits per heavy atom. The van der Waals surface area contributed by atoms with E-state index in [9.17, 15) is 4.79 Å². The Kier molecular flexibility index (Phi) is 4.55. The average molecular weight is 243 g/mol. The molecule has 4 nitrogen and oxygen atoms in total. The number of nitrogens with zero attached hydrogens (tertiary/aromatic N) is 1. The van der Waals surface area contributed by atoms with E-state index in [1.54, 1.807) is 6.07 Å². The molecule has 0 radical (unpaired) electrons. The Balaban J connectivity index is 2.94. The SMILES string of the molecule is COC(=O)c1cnc(Cl)cc1NCC(C)C. The zero-order valence-corrected chi connectivity index (χ0v) is 10.3. The number of carbonyl (C=O) groups is 1. The molecular weight excluding hydrogens is 228 g/mol. The van der Waals surface area contributed by atoms with Gasteiger partial charge in [0.25, 0.3) is 0 Å². The first-order chi connectivity index (χ1) is 7.54. The summed E-state index contributed by atoms with van der Waals surface area (Å²) in [5, 5.41) is 3.49. The summed E-state index contributed by atoms with van der Waals surface area (Å²) in [6.45, 7) is 4.91. The zero-order chi connectivity index (χ0) is 12.1. The minimum absolute atomic E-state index is 0.346. The Morgan fingerprint density at radius 1 is 1.62 bits per heavy atom. The molecule has 0 aliphatic heterocycles. The molecule has 0 aromatic carbocycles. The van der Waals surface area contributed by atoms with Crippen LogP contribution >= 0.6 is 11.6 Å². The van der Waals surface area contributed by atoms with Crippen LogP contribution in [0.25, 0.3) is 0 Å². The van der Waals surface area contributed by atoms with Crippen LogP contribution in [-0.2, 0) is 4.74 Å². The van der Waals surface area contributed by atoms with Crippen LogP contribution < -0.4 is 5.32 Å². The predicted molar refractivity (Wildman–Crippen MR) is 63.9 cm³/mol. The third-order valence-electron chi connectivity index (χ3n) is 1.98. The van der Waals surface area contributed by atoms with Crippen molar-refractivity contribution < 1.29 is 9.53 Å². The molecule has 0 spiro atoms. The first kappa shape index (κ1) is 12.8. The highest BCUT2D eigenvalue weighted by Gasteiger charge is 2.13. The van der Waals surface area contributed by atoms with Crippen LogP contribution in [-0.4, -0.2) is 24.6 Å². The van der Waals surface area contributed by atoms with Crippen LogP contribution in [0.1, 0.15) is 24.2 Å². The number of anilines is 1. The van der Waals surface area contributed by atoms with Crippen molar-refractivity contribution in [1.82, 2.24) is 4.98 Å². The predicted octanol–water partition coefficient (Wildman–Crippen LogP) is 2.59. The number of hydrogen-bond acceptors (Lipinski definition) is 4. The van der Waals surface area contributed by atoms with Gasteiger partial charge >= 0.3 is 5.97 Å². The zero-order valence-electron chi connectivity index (χ0n) is 9.58. The third-order valence-corrected chi connectivity index (χ3v) is 2.18. The van der Waals surface area contributed by atoms with Gasteiger partial charge in [-0.05, 0) is 12.0 Å². The first-order valence-electron chi connectivity index (χ1n) is 5.02. The van der Waals surface area contributed by atoms with Gasteiger partial charge < -0.3 is 10.1 Å². The van der Waals surface area contributed by atoms with E-state index in [1.165, 1.54) is 13.3 Å². The van der Waals surface area contributed by atoms with Crippen molar-refractivity contribution in [1.29, 1.82) is 0 Å². The fraction of sp³-hybridized carbons (Fsp3) is 0.455. The standard InChI is InChI=1S/C11H15ClN2O2/c1-7(2)5-13-9-4-10(12)14-6-8(9)11(15)16-3/h4,6-7H,5H2,1-3H3,(H,13,14). The molecule has 0 saturated carbocycles.